The van der Waals surface area contributed by atoms with Crippen LogP contribution in [0, 0.1) is 23.2 Å². The molecule has 0 aliphatic heterocycles. The molecule has 32 heavy (non-hydrogen) atoms. The van der Waals surface area contributed by atoms with Crippen molar-refractivity contribution in [3.05, 3.63) is 64.7 Å². The molecular formula is C29H37NO2. The van der Waals surface area contributed by atoms with Crippen molar-refractivity contribution in [2.24, 2.45) is 11.8 Å². The zero-order chi connectivity index (χ0) is 22.9. The Kier molecular flexibility index (Phi) is 8.91. The number of ether oxygens (including phenoxy) is 1. The highest BCUT2D eigenvalue weighted by molar-refractivity contribution is 5.76. The summed E-state index contributed by atoms with van der Waals surface area (Å²) in [6.07, 6.45) is 9.32. The van der Waals surface area contributed by atoms with Crippen LogP contribution in [0.3, 0.4) is 0 Å². The van der Waals surface area contributed by atoms with Crippen molar-refractivity contribution in [3.63, 3.8) is 0 Å². The number of carbonyl (C=O) groups is 1. The maximum absolute atomic E-state index is 12.8. The minimum Gasteiger partial charge on any atom is -0.425 e. The number of rotatable bonds is 9. The topological polar surface area (TPSA) is 50.1 Å². The molecule has 0 unspecified atom stereocenters. The lowest BCUT2D eigenvalue weighted by molar-refractivity contribution is -0.140. The van der Waals surface area contributed by atoms with Gasteiger partial charge in [-0.25, -0.2) is 0 Å². The fourth-order valence-electron chi connectivity index (χ4n) is 4.56. The zero-order valence-corrected chi connectivity index (χ0v) is 19.9. The summed E-state index contributed by atoms with van der Waals surface area (Å²) in [5, 5.41) is 9.53. The van der Waals surface area contributed by atoms with Gasteiger partial charge in [0.15, 0.2) is 0 Å². The summed E-state index contributed by atoms with van der Waals surface area (Å²) >= 11 is 0. The second-order valence-corrected chi connectivity index (χ2v) is 9.69. The molecule has 0 heterocycles. The maximum atomic E-state index is 12.8. The summed E-state index contributed by atoms with van der Waals surface area (Å²) in [6.45, 7) is 6.61. The number of benzene rings is 2. The van der Waals surface area contributed by atoms with Gasteiger partial charge >= 0.3 is 5.97 Å². The van der Waals surface area contributed by atoms with Gasteiger partial charge in [-0.3, -0.25) is 4.79 Å². The van der Waals surface area contributed by atoms with Crippen LogP contribution in [0.4, 0.5) is 0 Å². The van der Waals surface area contributed by atoms with E-state index in [9.17, 15) is 10.1 Å². The van der Waals surface area contributed by atoms with Crippen LogP contribution in [-0.2, 0) is 17.6 Å². The van der Waals surface area contributed by atoms with Gasteiger partial charge in [-0.05, 0) is 92.0 Å². The van der Waals surface area contributed by atoms with E-state index in [2.05, 4.69) is 51.1 Å². The summed E-state index contributed by atoms with van der Waals surface area (Å²) in [4.78, 5) is 12.8. The van der Waals surface area contributed by atoms with E-state index in [1.807, 2.05) is 12.1 Å². The second kappa shape index (κ2) is 11.9. The molecule has 3 nitrogen and oxygen atoms in total. The van der Waals surface area contributed by atoms with Crippen LogP contribution < -0.4 is 4.74 Å². The summed E-state index contributed by atoms with van der Waals surface area (Å²) in [6, 6.07) is 16.9. The highest BCUT2D eigenvalue weighted by Crippen LogP contribution is 2.37. The van der Waals surface area contributed by atoms with Crippen molar-refractivity contribution in [2.75, 3.05) is 0 Å². The van der Waals surface area contributed by atoms with E-state index >= 15 is 0 Å². The molecule has 0 spiro atoms. The number of aryl methyl sites for hydroxylation is 2. The van der Waals surface area contributed by atoms with Crippen LogP contribution in [0.5, 0.6) is 5.75 Å². The van der Waals surface area contributed by atoms with Crippen LogP contribution in [-0.4, -0.2) is 5.97 Å². The van der Waals surface area contributed by atoms with Gasteiger partial charge in [0, 0.05) is 0 Å². The molecule has 0 radical (unpaired) electrons. The van der Waals surface area contributed by atoms with Gasteiger partial charge in [0.1, 0.15) is 11.8 Å². The number of hydrogen-bond acceptors (Lipinski definition) is 3. The molecule has 170 valence electrons. The van der Waals surface area contributed by atoms with Gasteiger partial charge in [0.25, 0.3) is 0 Å². The Bertz CT molecular complexity index is 915. The van der Waals surface area contributed by atoms with Gasteiger partial charge in [-0.15, -0.1) is 0 Å². The van der Waals surface area contributed by atoms with Crippen molar-refractivity contribution >= 4 is 5.97 Å². The Hall–Kier alpha value is -2.60. The number of nitrogens with zero attached hydrogens (tertiary/aromatic N) is 1. The van der Waals surface area contributed by atoms with Gasteiger partial charge in [0.2, 0.25) is 0 Å². The highest BCUT2D eigenvalue weighted by atomic mass is 16.5. The number of carbonyl (C=O) groups excluding carboxylic acids is 1. The molecule has 1 saturated carbocycles. The van der Waals surface area contributed by atoms with E-state index < -0.39 is 0 Å². The minimum absolute atomic E-state index is 0.0813. The Labute approximate surface area is 193 Å². The third-order valence-electron chi connectivity index (χ3n) is 6.72. The first-order chi connectivity index (χ1) is 15.5. The average molecular weight is 432 g/mol. The Morgan fingerprint density at radius 3 is 2.34 bits per heavy atom. The maximum Gasteiger partial charge on any atom is 0.314 e. The Morgan fingerprint density at radius 1 is 1.03 bits per heavy atom. The molecule has 2 aromatic carbocycles. The largest absolute Gasteiger partial charge is 0.425 e. The first-order valence-electron chi connectivity index (χ1n) is 12.3. The molecule has 0 amide bonds. The van der Waals surface area contributed by atoms with E-state index in [1.54, 1.807) is 6.07 Å². The summed E-state index contributed by atoms with van der Waals surface area (Å²) in [5.74, 6) is 1.27. The van der Waals surface area contributed by atoms with Crippen molar-refractivity contribution in [1.29, 1.82) is 5.26 Å². The summed E-state index contributed by atoms with van der Waals surface area (Å²) in [7, 11) is 0. The zero-order valence-electron chi connectivity index (χ0n) is 19.9. The minimum atomic E-state index is -0.190. The van der Waals surface area contributed by atoms with E-state index in [0.29, 0.717) is 23.1 Å². The predicted molar refractivity (Wildman–Crippen MR) is 130 cm³/mol. The SMILES string of the molecule is CCCCc1ccc(C2CCC(C(=O)Oc3ccc(CCC(C)C)cc3C#N)CC2)cc1. The Balaban J connectivity index is 1.53. The third-order valence-corrected chi connectivity index (χ3v) is 6.72. The molecule has 0 aromatic heterocycles. The van der Waals surface area contributed by atoms with Crippen molar-refractivity contribution in [1.82, 2.24) is 0 Å². The predicted octanol–water partition coefficient (Wildman–Crippen LogP) is 7.37. The first kappa shape index (κ1) is 24.1. The van der Waals surface area contributed by atoms with Gasteiger partial charge in [-0.1, -0.05) is 57.5 Å². The average Bonchev–Trinajstić information content (AvgIpc) is 2.82. The fourth-order valence-corrected chi connectivity index (χ4v) is 4.56. The van der Waals surface area contributed by atoms with Crippen LogP contribution in [0.25, 0.3) is 0 Å². The molecule has 0 bridgehead atoms. The Morgan fingerprint density at radius 2 is 1.72 bits per heavy atom. The highest BCUT2D eigenvalue weighted by Gasteiger charge is 2.29. The van der Waals surface area contributed by atoms with Crippen LogP contribution in [0.15, 0.2) is 42.5 Å². The molecule has 3 heteroatoms. The van der Waals surface area contributed by atoms with E-state index in [4.69, 9.17) is 4.74 Å². The van der Waals surface area contributed by atoms with Crippen LogP contribution in [0.1, 0.15) is 93.9 Å². The fraction of sp³-hybridized carbons (Fsp3) is 0.517. The van der Waals surface area contributed by atoms with Crippen LogP contribution >= 0.6 is 0 Å². The van der Waals surface area contributed by atoms with Gasteiger partial charge in [-0.2, -0.15) is 5.26 Å². The lowest BCUT2D eigenvalue weighted by Gasteiger charge is -2.27. The molecule has 3 rings (SSSR count). The lowest BCUT2D eigenvalue weighted by atomic mass is 9.78. The molecule has 1 aliphatic rings. The third kappa shape index (κ3) is 6.70. The molecule has 0 saturated heterocycles. The van der Waals surface area contributed by atoms with Crippen LogP contribution in [0.2, 0.25) is 0 Å². The number of nitriles is 1. The van der Waals surface area contributed by atoms with Crippen molar-refractivity contribution < 1.29 is 9.53 Å². The number of unbranched alkanes of at least 4 members (excludes halogenated alkanes) is 1. The van der Waals surface area contributed by atoms with E-state index in [1.165, 1.54) is 24.0 Å². The lowest BCUT2D eigenvalue weighted by Crippen LogP contribution is -2.25. The van der Waals surface area contributed by atoms with E-state index in [0.717, 1.165) is 50.5 Å². The molecule has 2 aromatic rings. The number of esters is 1. The standard InChI is InChI=1S/C29H37NO2/c1-4-5-6-22-9-12-24(13-10-22)25-14-16-26(17-15-25)29(31)32-28-18-11-23(8-7-21(2)3)19-27(28)20-30/h9-13,18-19,21,25-26H,4-8,14-17H2,1-3H3. The normalized spacial score (nSPS) is 18.3. The quantitative estimate of drug-likeness (QED) is 0.308. The monoisotopic (exact) mass is 431 g/mol. The molecule has 1 aliphatic carbocycles. The summed E-state index contributed by atoms with van der Waals surface area (Å²) in [5.41, 5.74) is 4.38. The molecule has 0 N–H and O–H groups in total. The first-order valence-corrected chi connectivity index (χ1v) is 12.3. The molecule has 1 fully saturated rings. The van der Waals surface area contributed by atoms with Crippen molar-refractivity contribution in [2.45, 2.75) is 84.5 Å². The smallest absolute Gasteiger partial charge is 0.314 e. The molecular weight excluding hydrogens is 394 g/mol. The van der Waals surface area contributed by atoms with Gasteiger partial charge in [0.05, 0.1) is 11.5 Å². The second-order valence-electron chi connectivity index (χ2n) is 9.69. The summed E-state index contributed by atoms with van der Waals surface area (Å²) < 4.78 is 5.69. The molecule has 0 atom stereocenters. The number of hydrogen-bond donors (Lipinski definition) is 0. The van der Waals surface area contributed by atoms with Crippen molar-refractivity contribution in [3.8, 4) is 11.8 Å². The van der Waals surface area contributed by atoms with Gasteiger partial charge < -0.3 is 4.74 Å². The van der Waals surface area contributed by atoms with E-state index in [-0.39, 0.29) is 11.9 Å².